The van der Waals surface area contributed by atoms with Gasteiger partial charge in [0.15, 0.2) is 0 Å². The second-order valence-corrected chi connectivity index (χ2v) is 5.97. The summed E-state index contributed by atoms with van der Waals surface area (Å²) < 4.78 is 48.8. The molecule has 0 saturated heterocycles. The highest BCUT2D eigenvalue weighted by Crippen LogP contribution is 2.33. The molecule has 4 aromatic rings. The number of hydrogen-bond acceptors (Lipinski definition) is 6. The predicted molar refractivity (Wildman–Crippen MR) is 108 cm³/mol. The maximum Gasteiger partial charge on any atom is 0.416 e. The van der Waals surface area contributed by atoms with Crippen LogP contribution >= 0.6 is 0 Å². The molecule has 0 unspecified atom stereocenters. The minimum Gasteiger partial charge on any atom is -0.416 e. The van der Waals surface area contributed by atoms with Gasteiger partial charge in [0.25, 0.3) is 5.89 Å². The van der Waals surface area contributed by atoms with Crippen molar-refractivity contribution in [3.8, 4) is 22.9 Å². The molecule has 0 saturated carbocycles. The maximum atomic E-state index is 12.7. The third-order valence-electron chi connectivity index (χ3n) is 4.05. The van der Waals surface area contributed by atoms with Gasteiger partial charge in [-0.05, 0) is 43.3 Å². The number of benzene rings is 2. The van der Waals surface area contributed by atoms with Gasteiger partial charge < -0.3 is 14.3 Å². The first-order chi connectivity index (χ1) is 14.4. The number of alkyl halides is 3. The fraction of sp³-hybridized carbons (Fsp3) is 0.190. The Morgan fingerprint density at radius 3 is 2.13 bits per heavy atom. The SMILES string of the molecule is CC.Cc1nocc1-c1nnc(-c2ccccc2Nc2ccc(C(F)(F)F)cc2)o1.[HH]. The van der Waals surface area contributed by atoms with Gasteiger partial charge in [0.05, 0.1) is 22.5 Å². The van der Waals surface area contributed by atoms with Crippen molar-refractivity contribution >= 4 is 11.4 Å². The molecule has 0 spiro atoms. The second kappa shape index (κ2) is 8.81. The van der Waals surface area contributed by atoms with Gasteiger partial charge in [-0.15, -0.1) is 10.2 Å². The van der Waals surface area contributed by atoms with Crippen molar-refractivity contribution in [3.05, 3.63) is 66.1 Å². The van der Waals surface area contributed by atoms with Crippen LogP contribution in [0.5, 0.6) is 0 Å². The van der Waals surface area contributed by atoms with Crippen LogP contribution in [0, 0.1) is 6.92 Å². The first-order valence-corrected chi connectivity index (χ1v) is 9.20. The molecule has 0 aliphatic rings. The summed E-state index contributed by atoms with van der Waals surface area (Å²) in [5.74, 6) is 0.517. The van der Waals surface area contributed by atoms with Crippen molar-refractivity contribution in [1.29, 1.82) is 0 Å². The summed E-state index contributed by atoms with van der Waals surface area (Å²) in [7, 11) is 0. The molecule has 0 fully saturated rings. The van der Waals surface area contributed by atoms with E-state index in [1.54, 1.807) is 31.2 Å². The smallest absolute Gasteiger partial charge is 0.416 e. The Bertz CT molecular complexity index is 1110. The van der Waals surface area contributed by atoms with E-state index >= 15 is 0 Å². The van der Waals surface area contributed by atoms with E-state index in [1.165, 1.54) is 18.4 Å². The largest absolute Gasteiger partial charge is 0.416 e. The molecule has 30 heavy (non-hydrogen) atoms. The van der Waals surface area contributed by atoms with Gasteiger partial charge in [-0.25, -0.2) is 0 Å². The van der Waals surface area contributed by atoms with Crippen LogP contribution in [-0.2, 0) is 6.18 Å². The van der Waals surface area contributed by atoms with Crippen LogP contribution in [0.2, 0.25) is 0 Å². The van der Waals surface area contributed by atoms with E-state index in [2.05, 4.69) is 20.7 Å². The molecule has 0 aliphatic heterocycles. The third-order valence-corrected chi connectivity index (χ3v) is 4.05. The Kier molecular flexibility index (Phi) is 6.20. The Balaban J connectivity index is 0.00000111. The van der Waals surface area contributed by atoms with Crippen LogP contribution in [0.25, 0.3) is 22.9 Å². The Hall–Kier alpha value is -3.62. The van der Waals surface area contributed by atoms with Gasteiger partial charge in [0.1, 0.15) is 11.8 Å². The zero-order chi connectivity index (χ0) is 21.7. The lowest BCUT2D eigenvalue weighted by Crippen LogP contribution is -2.04. The van der Waals surface area contributed by atoms with E-state index in [0.717, 1.165) is 12.1 Å². The second-order valence-electron chi connectivity index (χ2n) is 5.97. The number of para-hydroxylation sites is 1. The zero-order valence-corrected chi connectivity index (χ0v) is 16.5. The maximum absolute atomic E-state index is 12.7. The van der Waals surface area contributed by atoms with Crippen LogP contribution in [-0.4, -0.2) is 15.4 Å². The van der Waals surface area contributed by atoms with Crippen LogP contribution < -0.4 is 5.32 Å². The number of anilines is 2. The average Bonchev–Trinajstić information content (AvgIpc) is 3.38. The molecule has 2 aromatic heterocycles. The molecule has 2 aromatic carbocycles. The Morgan fingerprint density at radius 2 is 1.53 bits per heavy atom. The summed E-state index contributed by atoms with van der Waals surface area (Å²) in [4.78, 5) is 0. The number of nitrogens with zero attached hydrogens (tertiary/aromatic N) is 3. The van der Waals surface area contributed by atoms with E-state index in [0.29, 0.717) is 28.2 Å². The highest BCUT2D eigenvalue weighted by molar-refractivity contribution is 5.77. The van der Waals surface area contributed by atoms with Gasteiger partial charge in [-0.1, -0.05) is 31.1 Å². The number of hydrogen-bond donors (Lipinski definition) is 1. The van der Waals surface area contributed by atoms with Crippen LogP contribution in [0.3, 0.4) is 0 Å². The lowest BCUT2D eigenvalue weighted by atomic mass is 10.1. The van der Waals surface area contributed by atoms with Crippen molar-refractivity contribution in [1.82, 2.24) is 15.4 Å². The lowest BCUT2D eigenvalue weighted by molar-refractivity contribution is -0.137. The van der Waals surface area contributed by atoms with Crippen molar-refractivity contribution in [2.24, 2.45) is 0 Å². The molecule has 0 aliphatic carbocycles. The summed E-state index contributed by atoms with van der Waals surface area (Å²) in [5, 5.41) is 14.9. The van der Waals surface area contributed by atoms with Gasteiger partial charge >= 0.3 is 6.18 Å². The van der Waals surface area contributed by atoms with Gasteiger partial charge in [-0.3, -0.25) is 0 Å². The first-order valence-electron chi connectivity index (χ1n) is 9.20. The molecular formula is C21H21F3N4O2. The molecule has 0 radical (unpaired) electrons. The standard InChI is InChI=1S/C19H13F3N4O2.C2H6.H2/c1-11-15(10-27-26-11)18-25-24-17(28-18)14-4-2-3-5-16(14)23-13-8-6-12(7-9-13)19(20,21)22;1-2;/h2-10,23H,1H3;1-2H3;1H. The molecule has 2 heterocycles. The average molecular weight is 418 g/mol. The predicted octanol–water partition coefficient (Wildman–Crippen LogP) is 6.73. The topological polar surface area (TPSA) is 77.0 Å². The number of nitrogens with one attached hydrogen (secondary N) is 1. The summed E-state index contributed by atoms with van der Waals surface area (Å²) in [6, 6.07) is 11.9. The lowest BCUT2D eigenvalue weighted by Gasteiger charge is -2.11. The van der Waals surface area contributed by atoms with Crippen LogP contribution in [0.15, 0.2) is 63.7 Å². The van der Waals surface area contributed by atoms with Crippen LogP contribution in [0.1, 0.15) is 26.5 Å². The van der Waals surface area contributed by atoms with E-state index in [4.69, 9.17) is 8.94 Å². The molecule has 6 nitrogen and oxygen atoms in total. The minimum atomic E-state index is -4.38. The van der Waals surface area contributed by atoms with Crippen molar-refractivity contribution < 1.29 is 23.5 Å². The van der Waals surface area contributed by atoms with E-state index in [9.17, 15) is 13.2 Å². The third kappa shape index (κ3) is 4.51. The number of rotatable bonds is 4. The molecule has 0 atom stereocenters. The van der Waals surface area contributed by atoms with E-state index in [1.807, 2.05) is 13.8 Å². The highest BCUT2D eigenvalue weighted by Gasteiger charge is 2.30. The monoisotopic (exact) mass is 418 g/mol. The Labute approximate surface area is 172 Å². The number of aromatic nitrogens is 3. The normalized spacial score (nSPS) is 11.0. The molecule has 158 valence electrons. The summed E-state index contributed by atoms with van der Waals surface area (Å²) in [6.07, 6.45) is -2.96. The summed E-state index contributed by atoms with van der Waals surface area (Å²) >= 11 is 0. The minimum absolute atomic E-state index is 0. The molecule has 1 N–H and O–H groups in total. The fourth-order valence-corrected chi connectivity index (χ4v) is 2.62. The van der Waals surface area contributed by atoms with Gasteiger partial charge in [0, 0.05) is 7.11 Å². The molecule has 4 rings (SSSR count). The zero-order valence-electron chi connectivity index (χ0n) is 16.5. The van der Waals surface area contributed by atoms with Crippen molar-refractivity contribution in [3.63, 3.8) is 0 Å². The summed E-state index contributed by atoms with van der Waals surface area (Å²) in [6.45, 7) is 5.75. The summed E-state index contributed by atoms with van der Waals surface area (Å²) in [5.41, 5.74) is 2.21. The molecule has 0 amide bonds. The van der Waals surface area contributed by atoms with E-state index < -0.39 is 11.7 Å². The van der Waals surface area contributed by atoms with Gasteiger partial charge in [0.2, 0.25) is 5.89 Å². The molecular weight excluding hydrogens is 397 g/mol. The van der Waals surface area contributed by atoms with Crippen molar-refractivity contribution in [2.75, 3.05) is 5.32 Å². The van der Waals surface area contributed by atoms with E-state index in [-0.39, 0.29) is 13.2 Å². The number of halogens is 3. The molecule has 0 bridgehead atoms. The van der Waals surface area contributed by atoms with Gasteiger partial charge in [-0.2, -0.15) is 13.2 Å². The molecule has 9 heteroatoms. The number of aryl methyl sites for hydroxylation is 1. The fourth-order valence-electron chi connectivity index (χ4n) is 2.62. The quantitative estimate of drug-likeness (QED) is 0.396. The van der Waals surface area contributed by atoms with Crippen LogP contribution in [0.4, 0.5) is 24.5 Å². The first kappa shape index (κ1) is 21.1. The van der Waals surface area contributed by atoms with Crippen molar-refractivity contribution in [2.45, 2.75) is 26.9 Å². The Morgan fingerprint density at radius 1 is 0.900 bits per heavy atom. The highest BCUT2D eigenvalue weighted by atomic mass is 19.4.